The number of thioether (sulfide) groups is 1. The van der Waals surface area contributed by atoms with Crippen molar-refractivity contribution in [2.24, 2.45) is 0 Å². The second kappa shape index (κ2) is 12.0. The minimum absolute atomic E-state index is 0.0979. The standard InChI is InChI=1S/C24H32N4O4S/c1-4-32-23(30)17-10-5-7-12-19(17)25-21(29)16-33-22-18-11-6-8-13-20(18)28(24(31)26-22)15-9-14-27(2)3/h5,7,10,12H,4,6,8-9,11,13-16H2,1-3H3,(H,25,29). The van der Waals surface area contributed by atoms with Crippen molar-refractivity contribution >= 4 is 29.3 Å². The summed E-state index contributed by atoms with van der Waals surface area (Å²) in [6.07, 6.45) is 4.72. The van der Waals surface area contributed by atoms with Crippen LogP contribution in [0.2, 0.25) is 0 Å². The van der Waals surface area contributed by atoms with Crippen LogP contribution in [-0.2, 0) is 28.9 Å². The molecule has 0 atom stereocenters. The number of nitrogens with zero attached hydrogens (tertiary/aromatic N) is 3. The first-order valence-corrected chi connectivity index (χ1v) is 12.3. The van der Waals surface area contributed by atoms with E-state index in [1.165, 1.54) is 11.8 Å². The molecular formula is C24H32N4O4S. The van der Waals surface area contributed by atoms with E-state index in [1.54, 1.807) is 31.2 Å². The number of aromatic nitrogens is 2. The van der Waals surface area contributed by atoms with Crippen molar-refractivity contribution in [3.05, 3.63) is 51.6 Å². The Morgan fingerprint density at radius 1 is 1.21 bits per heavy atom. The van der Waals surface area contributed by atoms with Gasteiger partial charge in [0, 0.05) is 17.8 Å². The third-order valence-corrected chi connectivity index (χ3v) is 6.49. The summed E-state index contributed by atoms with van der Waals surface area (Å²) in [7, 11) is 4.04. The van der Waals surface area contributed by atoms with E-state index < -0.39 is 5.97 Å². The molecule has 0 aliphatic heterocycles. The number of rotatable bonds is 10. The van der Waals surface area contributed by atoms with Crippen LogP contribution in [0.3, 0.4) is 0 Å². The zero-order valence-electron chi connectivity index (χ0n) is 19.6. The lowest BCUT2D eigenvalue weighted by atomic mass is 9.97. The zero-order chi connectivity index (χ0) is 23.8. The monoisotopic (exact) mass is 472 g/mol. The molecule has 1 aliphatic rings. The fourth-order valence-corrected chi connectivity index (χ4v) is 4.82. The maximum absolute atomic E-state index is 12.8. The summed E-state index contributed by atoms with van der Waals surface area (Å²) in [5, 5.41) is 3.43. The van der Waals surface area contributed by atoms with Gasteiger partial charge in [-0.3, -0.25) is 9.36 Å². The number of amides is 1. The van der Waals surface area contributed by atoms with Crippen molar-refractivity contribution in [3.8, 4) is 0 Å². The minimum Gasteiger partial charge on any atom is -0.462 e. The van der Waals surface area contributed by atoms with Crippen molar-refractivity contribution < 1.29 is 14.3 Å². The normalized spacial score (nSPS) is 13.0. The van der Waals surface area contributed by atoms with E-state index in [-0.39, 0.29) is 24.0 Å². The van der Waals surface area contributed by atoms with Gasteiger partial charge >= 0.3 is 11.7 Å². The number of hydrogen-bond donors (Lipinski definition) is 1. The van der Waals surface area contributed by atoms with Crippen LogP contribution in [0.4, 0.5) is 5.69 Å². The van der Waals surface area contributed by atoms with Gasteiger partial charge in [-0.05, 0) is 71.8 Å². The lowest BCUT2D eigenvalue weighted by Gasteiger charge is -2.23. The molecular weight excluding hydrogens is 440 g/mol. The van der Waals surface area contributed by atoms with Crippen LogP contribution in [-0.4, -0.2) is 59.3 Å². The van der Waals surface area contributed by atoms with E-state index >= 15 is 0 Å². The molecule has 0 spiro atoms. The number of esters is 1. The molecule has 0 bridgehead atoms. The number of nitrogens with one attached hydrogen (secondary N) is 1. The van der Waals surface area contributed by atoms with Crippen LogP contribution in [0.25, 0.3) is 0 Å². The fraction of sp³-hybridized carbons (Fsp3) is 0.500. The van der Waals surface area contributed by atoms with Crippen LogP contribution in [0.5, 0.6) is 0 Å². The maximum Gasteiger partial charge on any atom is 0.348 e. The van der Waals surface area contributed by atoms with Crippen LogP contribution in [0.15, 0.2) is 34.1 Å². The molecule has 1 amide bonds. The molecule has 1 aromatic carbocycles. The molecule has 1 aromatic heterocycles. The summed E-state index contributed by atoms with van der Waals surface area (Å²) >= 11 is 1.28. The molecule has 1 heterocycles. The van der Waals surface area contributed by atoms with Crippen molar-refractivity contribution in [1.29, 1.82) is 0 Å². The zero-order valence-corrected chi connectivity index (χ0v) is 20.4. The smallest absolute Gasteiger partial charge is 0.348 e. The van der Waals surface area contributed by atoms with E-state index in [9.17, 15) is 14.4 Å². The Bertz CT molecular complexity index is 1050. The summed E-state index contributed by atoms with van der Waals surface area (Å²) in [6, 6.07) is 6.76. The quantitative estimate of drug-likeness (QED) is 0.323. The summed E-state index contributed by atoms with van der Waals surface area (Å²) < 4.78 is 6.88. The van der Waals surface area contributed by atoms with Gasteiger partial charge in [-0.15, -0.1) is 0 Å². The van der Waals surface area contributed by atoms with E-state index in [4.69, 9.17) is 4.74 Å². The lowest BCUT2D eigenvalue weighted by molar-refractivity contribution is -0.113. The molecule has 0 saturated carbocycles. The molecule has 1 aliphatic carbocycles. The van der Waals surface area contributed by atoms with Gasteiger partial charge in [-0.25, -0.2) is 9.59 Å². The molecule has 9 heteroatoms. The van der Waals surface area contributed by atoms with Crippen LogP contribution >= 0.6 is 11.8 Å². The number of fused-ring (bicyclic) bond motifs is 1. The summed E-state index contributed by atoms with van der Waals surface area (Å²) in [5.74, 6) is -0.645. The molecule has 3 rings (SSSR count). The Labute approximate surface area is 198 Å². The molecule has 1 N–H and O–H groups in total. The first kappa shape index (κ1) is 25.0. The molecule has 178 valence electrons. The topological polar surface area (TPSA) is 93.5 Å². The number of carbonyl (C=O) groups is 2. The average molecular weight is 473 g/mol. The minimum atomic E-state index is -0.477. The summed E-state index contributed by atoms with van der Waals surface area (Å²) in [4.78, 5) is 44.0. The van der Waals surface area contributed by atoms with Gasteiger partial charge in [0.15, 0.2) is 0 Å². The highest BCUT2D eigenvalue weighted by Gasteiger charge is 2.21. The molecule has 8 nitrogen and oxygen atoms in total. The van der Waals surface area contributed by atoms with Gasteiger partial charge in [-0.2, -0.15) is 4.98 Å². The Morgan fingerprint density at radius 2 is 1.97 bits per heavy atom. The average Bonchev–Trinajstić information content (AvgIpc) is 2.79. The van der Waals surface area contributed by atoms with Gasteiger partial charge < -0.3 is 15.0 Å². The van der Waals surface area contributed by atoms with Gasteiger partial charge in [0.2, 0.25) is 5.91 Å². The third-order valence-electron chi connectivity index (χ3n) is 5.47. The largest absolute Gasteiger partial charge is 0.462 e. The molecule has 2 aromatic rings. The lowest BCUT2D eigenvalue weighted by Crippen LogP contribution is -2.31. The van der Waals surface area contributed by atoms with Crippen molar-refractivity contribution in [1.82, 2.24) is 14.5 Å². The highest BCUT2D eigenvalue weighted by molar-refractivity contribution is 8.00. The highest BCUT2D eigenvalue weighted by atomic mass is 32.2. The van der Waals surface area contributed by atoms with E-state index in [2.05, 4.69) is 15.2 Å². The Hall–Kier alpha value is -2.65. The number of hydrogen-bond acceptors (Lipinski definition) is 7. The molecule has 0 fully saturated rings. The van der Waals surface area contributed by atoms with Crippen LogP contribution < -0.4 is 11.0 Å². The second-order valence-corrected chi connectivity index (χ2v) is 9.21. The van der Waals surface area contributed by atoms with Crippen molar-refractivity contribution in [2.45, 2.75) is 50.6 Å². The van der Waals surface area contributed by atoms with Gasteiger partial charge in [-0.1, -0.05) is 23.9 Å². The molecule has 33 heavy (non-hydrogen) atoms. The maximum atomic E-state index is 12.8. The highest BCUT2D eigenvalue weighted by Crippen LogP contribution is 2.29. The predicted molar refractivity (Wildman–Crippen MR) is 130 cm³/mol. The van der Waals surface area contributed by atoms with E-state index in [0.29, 0.717) is 22.8 Å². The Kier molecular flexibility index (Phi) is 9.08. The number of carbonyl (C=O) groups excluding carboxylic acids is 2. The van der Waals surface area contributed by atoms with Crippen LogP contribution in [0.1, 0.15) is 47.8 Å². The predicted octanol–water partition coefficient (Wildman–Crippen LogP) is 2.98. The van der Waals surface area contributed by atoms with Gasteiger partial charge in [0.25, 0.3) is 0 Å². The second-order valence-electron chi connectivity index (χ2n) is 8.24. The number of anilines is 1. The van der Waals surface area contributed by atoms with Gasteiger partial charge in [0.1, 0.15) is 5.03 Å². The van der Waals surface area contributed by atoms with Gasteiger partial charge in [0.05, 0.1) is 23.6 Å². The summed E-state index contributed by atoms with van der Waals surface area (Å²) in [6.45, 7) is 3.56. The van der Waals surface area contributed by atoms with E-state index in [1.807, 2.05) is 18.7 Å². The fourth-order valence-electron chi connectivity index (χ4n) is 3.94. The molecule has 0 saturated heterocycles. The first-order chi connectivity index (χ1) is 15.9. The molecule has 0 unspecified atom stereocenters. The SMILES string of the molecule is CCOC(=O)c1ccccc1NC(=O)CSc1nc(=O)n(CCCN(C)C)c2c1CCCC2. The number of para-hydroxylation sites is 1. The van der Waals surface area contributed by atoms with Crippen molar-refractivity contribution in [3.63, 3.8) is 0 Å². The van der Waals surface area contributed by atoms with E-state index in [0.717, 1.165) is 49.9 Å². The number of ether oxygens (including phenoxy) is 1. The first-order valence-electron chi connectivity index (χ1n) is 11.4. The summed E-state index contributed by atoms with van der Waals surface area (Å²) in [5.41, 5.74) is 2.64. The van der Waals surface area contributed by atoms with Crippen LogP contribution in [0, 0.1) is 0 Å². The third kappa shape index (κ3) is 6.68. The Balaban J connectivity index is 1.72. The number of benzene rings is 1. The Morgan fingerprint density at radius 3 is 2.73 bits per heavy atom. The molecule has 0 radical (unpaired) electrons. The van der Waals surface area contributed by atoms with Crippen molar-refractivity contribution in [2.75, 3.05) is 38.3 Å².